The number of nitrogens with zero attached hydrogens (tertiary/aromatic N) is 1. The van der Waals surface area contributed by atoms with Gasteiger partial charge in [0, 0.05) is 24.7 Å². The number of amides is 1. The van der Waals surface area contributed by atoms with Gasteiger partial charge in [-0.05, 0) is 13.0 Å². The van der Waals surface area contributed by atoms with E-state index in [4.69, 9.17) is 5.11 Å². The standard InChI is InChI=1S/C11H14N2O5S/c1-7(6-19(2,17)18)13-10(14)8-3-4-12-5-9(8)11(15)16/h3-5,7H,6H2,1-2H3,(H,13,14)(H,15,16). The van der Waals surface area contributed by atoms with Gasteiger partial charge in [0.1, 0.15) is 9.84 Å². The minimum Gasteiger partial charge on any atom is -0.478 e. The highest BCUT2D eigenvalue weighted by Gasteiger charge is 2.19. The molecule has 7 nitrogen and oxygen atoms in total. The number of carbonyl (C=O) groups excluding carboxylic acids is 1. The zero-order valence-corrected chi connectivity index (χ0v) is 11.3. The van der Waals surface area contributed by atoms with Gasteiger partial charge in [-0.15, -0.1) is 0 Å². The molecule has 0 radical (unpaired) electrons. The Balaban J connectivity index is 2.87. The first-order chi connectivity index (χ1) is 8.70. The van der Waals surface area contributed by atoms with E-state index in [1.807, 2.05) is 0 Å². The molecule has 0 aliphatic carbocycles. The molecule has 104 valence electrons. The first-order valence-corrected chi connectivity index (χ1v) is 7.42. The molecule has 0 saturated carbocycles. The number of rotatable bonds is 5. The number of carboxylic acids is 1. The topological polar surface area (TPSA) is 113 Å². The van der Waals surface area contributed by atoms with Gasteiger partial charge in [0.05, 0.1) is 16.9 Å². The Morgan fingerprint density at radius 1 is 1.42 bits per heavy atom. The SMILES string of the molecule is CC(CS(C)(=O)=O)NC(=O)c1ccncc1C(=O)O. The predicted molar refractivity (Wildman–Crippen MR) is 67.8 cm³/mol. The van der Waals surface area contributed by atoms with Crippen LogP contribution in [0.15, 0.2) is 18.5 Å². The number of nitrogens with one attached hydrogen (secondary N) is 1. The van der Waals surface area contributed by atoms with E-state index in [9.17, 15) is 18.0 Å². The maximum absolute atomic E-state index is 11.9. The lowest BCUT2D eigenvalue weighted by Gasteiger charge is -2.13. The molecular weight excluding hydrogens is 272 g/mol. The van der Waals surface area contributed by atoms with Crippen molar-refractivity contribution in [2.24, 2.45) is 0 Å². The Morgan fingerprint density at radius 2 is 2.05 bits per heavy atom. The molecule has 0 aromatic carbocycles. The fourth-order valence-electron chi connectivity index (χ4n) is 1.56. The number of hydrogen-bond donors (Lipinski definition) is 2. The van der Waals surface area contributed by atoms with Crippen molar-refractivity contribution in [2.75, 3.05) is 12.0 Å². The van der Waals surface area contributed by atoms with Crippen LogP contribution in [0.5, 0.6) is 0 Å². The van der Waals surface area contributed by atoms with Gasteiger partial charge in [0.2, 0.25) is 0 Å². The van der Waals surface area contributed by atoms with E-state index in [0.717, 1.165) is 12.5 Å². The van der Waals surface area contributed by atoms with Crippen molar-refractivity contribution in [1.82, 2.24) is 10.3 Å². The van der Waals surface area contributed by atoms with E-state index < -0.39 is 27.8 Å². The summed E-state index contributed by atoms with van der Waals surface area (Å²) in [4.78, 5) is 26.4. The number of hydrogen-bond acceptors (Lipinski definition) is 5. The van der Waals surface area contributed by atoms with Crippen LogP contribution in [-0.4, -0.2) is 48.4 Å². The largest absolute Gasteiger partial charge is 0.478 e. The lowest BCUT2D eigenvalue weighted by atomic mass is 10.1. The Kier molecular flexibility index (Phi) is 4.60. The second-order valence-electron chi connectivity index (χ2n) is 4.19. The van der Waals surface area contributed by atoms with Crippen molar-refractivity contribution >= 4 is 21.7 Å². The molecule has 2 N–H and O–H groups in total. The van der Waals surface area contributed by atoms with Gasteiger partial charge in [-0.2, -0.15) is 0 Å². The van der Waals surface area contributed by atoms with Gasteiger partial charge in [0.25, 0.3) is 5.91 Å². The lowest BCUT2D eigenvalue weighted by Crippen LogP contribution is -2.38. The Hall–Kier alpha value is -1.96. The summed E-state index contributed by atoms with van der Waals surface area (Å²) >= 11 is 0. The smallest absolute Gasteiger partial charge is 0.338 e. The number of aromatic carboxylic acids is 1. The predicted octanol–water partition coefficient (Wildman–Crippen LogP) is -0.0573. The molecule has 0 saturated heterocycles. The summed E-state index contributed by atoms with van der Waals surface area (Å²) in [5, 5.41) is 11.4. The van der Waals surface area contributed by atoms with Crippen molar-refractivity contribution < 1.29 is 23.1 Å². The molecule has 1 heterocycles. The number of carboxylic acid groups (broad SMARTS) is 1. The molecule has 1 unspecified atom stereocenters. The summed E-state index contributed by atoms with van der Waals surface area (Å²) in [6, 6.07) is 0.656. The monoisotopic (exact) mass is 286 g/mol. The second-order valence-corrected chi connectivity index (χ2v) is 6.38. The van der Waals surface area contributed by atoms with Crippen LogP contribution in [0.1, 0.15) is 27.6 Å². The number of pyridine rings is 1. The van der Waals surface area contributed by atoms with E-state index in [1.54, 1.807) is 0 Å². The fourth-order valence-corrected chi connectivity index (χ4v) is 2.55. The number of carbonyl (C=O) groups is 2. The molecule has 8 heteroatoms. The average Bonchev–Trinajstić information content (AvgIpc) is 2.26. The zero-order chi connectivity index (χ0) is 14.6. The molecule has 0 fully saturated rings. The van der Waals surface area contributed by atoms with Crippen molar-refractivity contribution in [3.63, 3.8) is 0 Å². The highest BCUT2D eigenvalue weighted by molar-refractivity contribution is 7.90. The maximum atomic E-state index is 11.9. The van der Waals surface area contributed by atoms with Crippen molar-refractivity contribution in [2.45, 2.75) is 13.0 Å². The third kappa shape index (κ3) is 4.66. The van der Waals surface area contributed by atoms with Gasteiger partial charge < -0.3 is 10.4 Å². The minimum absolute atomic E-state index is 0.0529. The third-order valence-corrected chi connectivity index (χ3v) is 3.33. The molecule has 0 aliphatic heterocycles. The zero-order valence-electron chi connectivity index (χ0n) is 10.5. The van der Waals surface area contributed by atoms with Crippen LogP contribution in [0, 0.1) is 0 Å². The number of sulfone groups is 1. The summed E-state index contributed by atoms with van der Waals surface area (Å²) in [5.74, 6) is -2.13. The quantitative estimate of drug-likeness (QED) is 0.784. The van der Waals surface area contributed by atoms with Crippen molar-refractivity contribution in [3.8, 4) is 0 Å². The minimum atomic E-state index is -3.22. The summed E-state index contributed by atoms with van der Waals surface area (Å²) in [6.45, 7) is 1.53. The Morgan fingerprint density at radius 3 is 2.58 bits per heavy atom. The van der Waals surface area contributed by atoms with Crippen LogP contribution in [0.3, 0.4) is 0 Å². The van der Waals surface area contributed by atoms with Gasteiger partial charge >= 0.3 is 5.97 Å². The van der Waals surface area contributed by atoms with E-state index >= 15 is 0 Å². The molecular formula is C11H14N2O5S. The average molecular weight is 286 g/mol. The molecule has 1 rings (SSSR count). The van der Waals surface area contributed by atoms with Gasteiger partial charge in [0.15, 0.2) is 0 Å². The van der Waals surface area contributed by atoms with E-state index in [-0.39, 0.29) is 16.9 Å². The normalized spacial score (nSPS) is 12.7. The molecule has 19 heavy (non-hydrogen) atoms. The number of aromatic nitrogens is 1. The van der Waals surface area contributed by atoms with E-state index in [2.05, 4.69) is 10.3 Å². The molecule has 1 atom stereocenters. The summed E-state index contributed by atoms with van der Waals surface area (Å²) in [6.07, 6.45) is 3.42. The molecule has 1 amide bonds. The molecule has 1 aromatic rings. The maximum Gasteiger partial charge on any atom is 0.338 e. The van der Waals surface area contributed by atoms with Gasteiger partial charge in [-0.25, -0.2) is 13.2 Å². The van der Waals surface area contributed by atoms with Crippen LogP contribution < -0.4 is 5.32 Å². The summed E-state index contributed by atoms with van der Waals surface area (Å²) in [5.41, 5.74) is -0.283. The van der Waals surface area contributed by atoms with Crippen molar-refractivity contribution in [3.05, 3.63) is 29.6 Å². The van der Waals surface area contributed by atoms with E-state index in [1.165, 1.54) is 19.2 Å². The van der Waals surface area contributed by atoms with E-state index in [0.29, 0.717) is 0 Å². The van der Waals surface area contributed by atoms with Gasteiger partial charge in [-0.3, -0.25) is 9.78 Å². The highest BCUT2D eigenvalue weighted by Crippen LogP contribution is 2.07. The first-order valence-electron chi connectivity index (χ1n) is 5.36. The first kappa shape index (κ1) is 15.1. The van der Waals surface area contributed by atoms with Crippen LogP contribution in [-0.2, 0) is 9.84 Å². The highest BCUT2D eigenvalue weighted by atomic mass is 32.2. The van der Waals surface area contributed by atoms with Gasteiger partial charge in [-0.1, -0.05) is 0 Å². The molecule has 0 aliphatic rings. The molecule has 0 spiro atoms. The third-order valence-electron chi connectivity index (χ3n) is 2.23. The molecule has 1 aromatic heterocycles. The Bertz CT molecular complexity index is 597. The summed E-state index contributed by atoms with van der Waals surface area (Å²) in [7, 11) is -3.22. The van der Waals surface area contributed by atoms with Crippen LogP contribution in [0.4, 0.5) is 0 Å². The second kappa shape index (κ2) is 5.79. The van der Waals surface area contributed by atoms with Crippen LogP contribution >= 0.6 is 0 Å². The Labute approximate surface area is 110 Å². The molecule has 0 bridgehead atoms. The summed E-state index contributed by atoms with van der Waals surface area (Å²) < 4.78 is 22.2. The van der Waals surface area contributed by atoms with Crippen LogP contribution in [0.2, 0.25) is 0 Å². The van der Waals surface area contributed by atoms with Crippen molar-refractivity contribution in [1.29, 1.82) is 0 Å². The fraction of sp³-hybridized carbons (Fsp3) is 0.364. The lowest BCUT2D eigenvalue weighted by molar-refractivity contribution is 0.0690. The van der Waals surface area contributed by atoms with Crippen LogP contribution in [0.25, 0.3) is 0 Å².